The predicted molar refractivity (Wildman–Crippen MR) is 48.9 cm³/mol. The van der Waals surface area contributed by atoms with Crippen LogP contribution in [0.15, 0.2) is 12.1 Å². The molecule has 6 heteroatoms. The number of rotatable bonds is 1. The molecule has 0 unspecified atom stereocenters. The SMILES string of the molecule is NCC#Cc1cc(F)c(F)cc1[N+](=O)[O-]. The van der Waals surface area contributed by atoms with Crippen molar-refractivity contribution in [2.45, 2.75) is 0 Å². The summed E-state index contributed by atoms with van der Waals surface area (Å²) in [6, 6.07) is 1.17. The zero-order valence-corrected chi connectivity index (χ0v) is 7.46. The lowest BCUT2D eigenvalue weighted by Gasteiger charge is -1.97. The van der Waals surface area contributed by atoms with E-state index in [4.69, 9.17) is 5.73 Å². The molecule has 0 aliphatic carbocycles. The average Bonchev–Trinajstić information content (AvgIpc) is 2.19. The van der Waals surface area contributed by atoms with Crippen molar-refractivity contribution in [3.63, 3.8) is 0 Å². The molecular weight excluding hydrogens is 206 g/mol. The normalized spacial score (nSPS) is 9.27. The van der Waals surface area contributed by atoms with Gasteiger partial charge in [0.05, 0.1) is 17.5 Å². The van der Waals surface area contributed by atoms with E-state index in [0.717, 1.165) is 0 Å². The third kappa shape index (κ3) is 2.48. The Morgan fingerprint density at radius 3 is 2.53 bits per heavy atom. The zero-order chi connectivity index (χ0) is 11.4. The van der Waals surface area contributed by atoms with Gasteiger partial charge in [-0.15, -0.1) is 0 Å². The Bertz CT molecular complexity index is 463. The first-order valence-electron chi connectivity index (χ1n) is 3.88. The quantitative estimate of drug-likeness (QED) is 0.431. The van der Waals surface area contributed by atoms with Gasteiger partial charge in [-0.1, -0.05) is 11.8 Å². The average molecular weight is 212 g/mol. The Balaban J connectivity index is 3.34. The van der Waals surface area contributed by atoms with Gasteiger partial charge in [0, 0.05) is 0 Å². The van der Waals surface area contributed by atoms with Crippen LogP contribution in [0.2, 0.25) is 0 Å². The number of hydrogen-bond acceptors (Lipinski definition) is 3. The molecule has 0 bridgehead atoms. The molecule has 78 valence electrons. The van der Waals surface area contributed by atoms with Gasteiger partial charge in [0.25, 0.3) is 5.69 Å². The summed E-state index contributed by atoms with van der Waals surface area (Å²) in [6.45, 7) is -0.0177. The second-order valence-corrected chi connectivity index (χ2v) is 2.55. The van der Waals surface area contributed by atoms with Crippen molar-refractivity contribution < 1.29 is 13.7 Å². The molecule has 0 spiro atoms. The van der Waals surface area contributed by atoms with E-state index in [0.29, 0.717) is 12.1 Å². The van der Waals surface area contributed by atoms with Crippen LogP contribution < -0.4 is 5.73 Å². The summed E-state index contributed by atoms with van der Waals surface area (Å²) in [6.07, 6.45) is 0. The van der Waals surface area contributed by atoms with E-state index in [-0.39, 0.29) is 12.1 Å². The van der Waals surface area contributed by atoms with Crippen LogP contribution in [0.4, 0.5) is 14.5 Å². The van der Waals surface area contributed by atoms with Crippen molar-refractivity contribution in [1.82, 2.24) is 0 Å². The van der Waals surface area contributed by atoms with E-state index >= 15 is 0 Å². The van der Waals surface area contributed by atoms with Crippen molar-refractivity contribution >= 4 is 5.69 Å². The lowest BCUT2D eigenvalue weighted by atomic mass is 10.1. The molecule has 0 aromatic heterocycles. The summed E-state index contributed by atoms with van der Waals surface area (Å²) in [5.41, 5.74) is 4.29. The van der Waals surface area contributed by atoms with E-state index in [2.05, 4.69) is 11.8 Å². The molecule has 0 saturated carbocycles. The number of nitro benzene ring substituents is 1. The van der Waals surface area contributed by atoms with E-state index in [1.54, 1.807) is 0 Å². The summed E-state index contributed by atoms with van der Waals surface area (Å²) in [4.78, 5) is 9.64. The minimum atomic E-state index is -1.28. The first-order chi connectivity index (χ1) is 7.06. The fourth-order valence-corrected chi connectivity index (χ4v) is 0.934. The van der Waals surface area contributed by atoms with E-state index < -0.39 is 22.2 Å². The Morgan fingerprint density at radius 1 is 1.40 bits per heavy atom. The van der Waals surface area contributed by atoms with Crippen molar-refractivity contribution in [3.05, 3.63) is 39.4 Å². The first kappa shape index (κ1) is 11.1. The largest absolute Gasteiger partial charge is 0.320 e. The highest BCUT2D eigenvalue weighted by molar-refractivity contribution is 5.51. The van der Waals surface area contributed by atoms with Gasteiger partial charge in [-0.3, -0.25) is 10.1 Å². The molecule has 4 nitrogen and oxygen atoms in total. The van der Waals surface area contributed by atoms with Crippen molar-refractivity contribution in [3.8, 4) is 11.8 Å². The minimum Gasteiger partial charge on any atom is -0.320 e. The molecule has 0 radical (unpaired) electrons. The molecular formula is C9H6F2N2O2. The molecule has 1 aromatic carbocycles. The molecule has 1 aromatic rings. The Morgan fingerprint density at radius 2 is 2.00 bits per heavy atom. The second-order valence-electron chi connectivity index (χ2n) is 2.55. The highest BCUT2D eigenvalue weighted by Gasteiger charge is 2.16. The summed E-state index contributed by atoms with van der Waals surface area (Å²) in [5.74, 6) is 2.17. The van der Waals surface area contributed by atoms with E-state index in [9.17, 15) is 18.9 Å². The van der Waals surface area contributed by atoms with E-state index in [1.165, 1.54) is 0 Å². The molecule has 0 fully saturated rings. The second kappa shape index (κ2) is 4.48. The molecule has 0 saturated heterocycles. The topological polar surface area (TPSA) is 69.2 Å². The number of hydrogen-bond donors (Lipinski definition) is 1. The first-order valence-corrected chi connectivity index (χ1v) is 3.88. The predicted octanol–water partition coefficient (Wildman–Crippen LogP) is 1.18. The molecule has 0 aliphatic heterocycles. The standard InChI is InChI=1S/C9H6F2N2O2/c10-7-4-6(2-1-3-12)9(13(14)15)5-8(7)11/h4-5H,3,12H2. The highest BCUT2D eigenvalue weighted by atomic mass is 19.2. The van der Waals surface area contributed by atoms with E-state index in [1.807, 2.05) is 0 Å². The van der Waals surface area contributed by atoms with Crippen molar-refractivity contribution in [2.24, 2.45) is 5.73 Å². The summed E-state index contributed by atoms with van der Waals surface area (Å²) >= 11 is 0. The molecule has 2 N–H and O–H groups in total. The zero-order valence-electron chi connectivity index (χ0n) is 7.46. The van der Waals surface area contributed by atoms with Crippen LogP contribution in [0, 0.1) is 33.6 Å². The van der Waals surface area contributed by atoms with Gasteiger partial charge in [0.15, 0.2) is 11.6 Å². The van der Waals surface area contributed by atoms with Crippen LogP contribution in [0.25, 0.3) is 0 Å². The molecule has 0 aliphatic rings. The number of nitro groups is 1. The Kier molecular flexibility index (Phi) is 3.31. The minimum absolute atomic E-state index is 0.0177. The van der Waals surface area contributed by atoms with Crippen LogP contribution in [-0.4, -0.2) is 11.5 Å². The van der Waals surface area contributed by atoms with Gasteiger partial charge in [-0.25, -0.2) is 8.78 Å². The lowest BCUT2D eigenvalue weighted by molar-refractivity contribution is -0.385. The van der Waals surface area contributed by atoms with Gasteiger partial charge >= 0.3 is 0 Å². The Labute approximate surface area is 83.8 Å². The number of benzene rings is 1. The Hall–Kier alpha value is -2.00. The van der Waals surface area contributed by atoms with Crippen LogP contribution in [0.5, 0.6) is 0 Å². The number of halogens is 2. The maximum Gasteiger partial charge on any atom is 0.288 e. The van der Waals surface area contributed by atoms with Crippen LogP contribution in [0.3, 0.4) is 0 Å². The molecule has 1 rings (SSSR count). The monoisotopic (exact) mass is 212 g/mol. The van der Waals surface area contributed by atoms with Crippen molar-refractivity contribution in [1.29, 1.82) is 0 Å². The molecule has 0 atom stereocenters. The van der Waals surface area contributed by atoms with Crippen LogP contribution in [0.1, 0.15) is 5.56 Å². The fourth-order valence-electron chi connectivity index (χ4n) is 0.934. The molecule has 0 amide bonds. The fraction of sp³-hybridized carbons (Fsp3) is 0.111. The maximum absolute atomic E-state index is 12.8. The van der Waals surface area contributed by atoms with Crippen LogP contribution >= 0.6 is 0 Å². The third-order valence-electron chi connectivity index (χ3n) is 1.56. The smallest absolute Gasteiger partial charge is 0.288 e. The van der Waals surface area contributed by atoms with Gasteiger partial charge in [0.1, 0.15) is 5.56 Å². The number of nitrogens with zero attached hydrogens (tertiary/aromatic N) is 1. The highest BCUT2D eigenvalue weighted by Crippen LogP contribution is 2.21. The summed E-state index contributed by atoms with van der Waals surface area (Å²) in [7, 11) is 0. The van der Waals surface area contributed by atoms with Gasteiger partial charge in [0.2, 0.25) is 0 Å². The van der Waals surface area contributed by atoms with Crippen LogP contribution in [-0.2, 0) is 0 Å². The number of nitrogens with two attached hydrogens (primary N) is 1. The van der Waals surface area contributed by atoms with Gasteiger partial charge in [-0.2, -0.15) is 0 Å². The van der Waals surface area contributed by atoms with Gasteiger partial charge in [-0.05, 0) is 6.07 Å². The molecule has 15 heavy (non-hydrogen) atoms. The summed E-state index contributed by atoms with van der Waals surface area (Å²) < 4.78 is 25.4. The molecule has 0 heterocycles. The third-order valence-corrected chi connectivity index (χ3v) is 1.56. The maximum atomic E-state index is 12.8. The van der Waals surface area contributed by atoms with Gasteiger partial charge < -0.3 is 5.73 Å². The van der Waals surface area contributed by atoms with Crippen molar-refractivity contribution in [2.75, 3.05) is 6.54 Å². The lowest BCUT2D eigenvalue weighted by Crippen LogP contribution is -1.97. The summed E-state index contributed by atoms with van der Waals surface area (Å²) in [5, 5.41) is 10.5.